The highest BCUT2D eigenvalue weighted by Gasteiger charge is 2.24. The third-order valence-electron chi connectivity index (χ3n) is 4.53. The molecule has 2 N–H and O–H groups in total. The molecule has 1 amide bonds. The van der Waals surface area contributed by atoms with Gasteiger partial charge in [0.2, 0.25) is 0 Å². The number of nitrogens with two attached hydrogens (primary N) is 1. The first-order chi connectivity index (χ1) is 11.2. The van der Waals surface area contributed by atoms with Crippen LogP contribution in [0, 0.1) is 0 Å². The molecule has 0 bridgehead atoms. The molecule has 3 rings (SSSR count). The molecule has 1 fully saturated rings. The van der Waals surface area contributed by atoms with Crippen molar-refractivity contribution in [3.05, 3.63) is 70.2 Å². The molecule has 120 valence electrons. The fourth-order valence-electron chi connectivity index (χ4n) is 3.16. The predicted molar refractivity (Wildman–Crippen MR) is 93.7 cm³/mol. The third-order valence-corrected chi connectivity index (χ3v) is 4.78. The SMILES string of the molecule is NCc1cccc(C2CCN(C(=O)c3ccc(Cl)cc3)CC2)c1. The summed E-state index contributed by atoms with van der Waals surface area (Å²) in [6, 6.07) is 15.6. The number of hydrogen-bond acceptors (Lipinski definition) is 2. The second-order valence-electron chi connectivity index (χ2n) is 6.02. The summed E-state index contributed by atoms with van der Waals surface area (Å²) in [5, 5.41) is 0.653. The van der Waals surface area contributed by atoms with Gasteiger partial charge in [-0.05, 0) is 54.2 Å². The largest absolute Gasteiger partial charge is 0.339 e. The minimum Gasteiger partial charge on any atom is -0.339 e. The van der Waals surface area contributed by atoms with Gasteiger partial charge in [0.25, 0.3) is 5.91 Å². The van der Waals surface area contributed by atoms with Gasteiger partial charge in [-0.3, -0.25) is 4.79 Å². The summed E-state index contributed by atoms with van der Waals surface area (Å²) >= 11 is 5.88. The normalized spacial score (nSPS) is 15.7. The van der Waals surface area contributed by atoms with E-state index in [0.717, 1.165) is 25.9 Å². The van der Waals surface area contributed by atoms with E-state index in [4.69, 9.17) is 17.3 Å². The lowest BCUT2D eigenvalue weighted by molar-refractivity contribution is 0.0713. The Kier molecular flexibility index (Phi) is 4.99. The molecule has 3 nitrogen and oxygen atoms in total. The molecule has 1 aliphatic heterocycles. The quantitative estimate of drug-likeness (QED) is 0.931. The Bertz CT molecular complexity index is 676. The van der Waals surface area contributed by atoms with Crippen molar-refractivity contribution in [3.63, 3.8) is 0 Å². The van der Waals surface area contributed by atoms with E-state index in [1.54, 1.807) is 24.3 Å². The maximum absolute atomic E-state index is 12.5. The van der Waals surface area contributed by atoms with Crippen molar-refractivity contribution in [2.45, 2.75) is 25.3 Å². The average molecular weight is 329 g/mol. The van der Waals surface area contributed by atoms with Gasteiger partial charge in [-0.25, -0.2) is 0 Å². The van der Waals surface area contributed by atoms with E-state index < -0.39 is 0 Å². The first-order valence-corrected chi connectivity index (χ1v) is 8.39. The first kappa shape index (κ1) is 16.0. The van der Waals surface area contributed by atoms with Gasteiger partial charge in [-0.15, -0.1) is 0 Å². The number of nitrogens with zero attached hydrogens (tertiary/aromatic N) is 1. The standard InChI is InChI=1S/C19H21ClN2O/c20-18-6-4-16(5-7-18)19(23)22-10-8-15(9-11-22)17-3-1-2-14(12-17)13-21/h1-7,12,15H,8-11,13,21H2. The van der Waals surface area contributed by atoms with Crippen LogP contribution in [0.5, 0.6) is 0 Å². The van der Waals surface area contributed by atoms with Crippen molar-refractivity contribution >= 4 is 17.5 Å². The summed E-state index contributed by atoms with van der Waals surface area (Å²) in [4.78, 5) is 14.5. The van der Waals surface area contributed by atoms with Crippen LogP contribution in [-0.4, -0.2) is 23.9 Å². The number of piperidine rings is 1. The Hall–Kier alpha value is -1.84. The van der Waals surface area contributed by atoms with Gasteiger partial charge < -0.3 is 10.6 Å². The topological polar surface area (TPSA) is 46.3 Å². The predicted octanol–water partition coefficient (Wildman–Crippen LogP) is 3.82. The van der Waals surface area contributed by atoms with Crippen molar-refractivity contribution in [1.82, 2.24) is 4.90 Å². The van der Waals surface area contributed by atoms with Gasteiger partial charge in [0, 0.05) is 30.2 Å². The summed E-state index contributed by atoms with van der Waals surface area (Å²) in [7, 11) is 0. The van der Waals surface area contributed by atoms with Gasteiger partial charge in [0.1, 0.15) is 0 Å². The second-order valence-corrected chi connectivity index (χ2v) is 6.46. The molecule has 1 heterocycles. The molecular formula is C19H21ClN2O. The Balaban J connectivity index is 1.63. The Morgan fingerprint density at radius 1 is 1.13 bits per heavy atom. The fraction of sp³-hybridized carbons (Fsp3) is 0.316. The lowest BCUT2D eigenvalue weighted by Gasteiger charge is -2.32. The van der Waals surface area contributed by atoms with Crippen LogP contribution in [-0.2, 0) is 6.54 Å². The zero-order valence-electron chi connectivity index (χ0n) is 13.0. The number of benzene rings is 2. The van der Waals surface area contributed by atoms with Gasteiger partial charge >= 0.3 is 0 Å². The van der Waals surface area contributed by atoms with E-state index >= 15 is 0 Å². The van der Waals surface area contributed by atoms with Crippen LogP contribution in [0.2, 0.25) is 5.02 Å². The molecule has 4 heteroatoms. The third kappa shape index (κ3) is 3.74. The first-order valence-electron chi connectivity index (χ1n) is 8.01. The van der Waals surface area contributed by atoms with E-state index in [0.29, 0.717) is 23.0 Å². The van der Waals surface area contributed by atoms with E-state index in [9.17, 15) is 4.79 Å². The van der Waals surface area contributed by atoms with E-state index in [1.165, 1.54) is 11.1 Å². The van der Waals surface area contributed by atoms with Crippen molar-refractivity contribution in [1.29, 1.82) is 0 Å². The van der Waals surface area contributed by atoms with E-state index in [1.807, 2.05) is 4.90 Å². The van der Waals surface area contributed by atoms with Gasteiger partial charge in [-0.2, -0.15) is 0 Å². The summed E-state index contributed by atoms with van der Waals surface area (Å²) in [6.07, 6.45) is 1.99. The average Bonchev–Trinajstić information content (AvgIpc) is 2.62. The maximum atomic E-state index is 12.5. The fourth-order valence-corrected chi connectivity index (χ4v) is 3.29. The van der Waals surface area contributed by atoms with Crippen molar-refractivity contribution in [2.75, 3.05) is 13.1 Å². The minimum atomic E-state index is 0.0934. The minimum absolute atomic E-state index is 0.0934. The van der Waals surface area contributed by atoms with Crippen LogP contribution in [0.4, 0.5) is 0 Å². The monoisotopic (exact) mass is 328 g/mol. The molecule has 1 aliphatic rings. The summed E-state index contributed by atoms with van der Waals surface area (Å²) in [5.74, 6) is 0.603. The van der Waals surface area contributed by atoms with Crippen molar-refractivity contribution in [3.8, 4) is 0 Å². The smallest absolute Gasteiger partial charge is 0.253 e. The van der Waals surface area contributed by atoms with Gasteiger partial charge in [-0.1, -0.05) is 35.9 Å². The second kappa shape index (κ2) is 7.16. The molecule has 23 heavy (non-hydrogen) atoms. The van der Waals surface area contributed by atoms with Crippen molar-refractivity contribution < 1.29 is 4.79 Å². The molecule has 2 aromatic carbocycles. The molecule has 1 saturated heterocycles. The lowest BCUT2D eigenvalue weighted by Crippen LogP contribution is -2.37. The number of amides is 1. The number of rotatable bonds is 3. The zero-order chi connectivity index (χ0) is 16.2. The molecule has 0 aliphatic carbocycles. The van der Waals surface area contributed by atoms with E-state index in [-0.39, 0.29) is 5.91 Å². The Morgan fingerprint density at radius 3 is 2.48 bits per heavy atom. The Labute approximate surface area is 142 Å². The highest BCUT2D eigenvalue weighted by molar-refractivity contribution is 6.30. The summed E-state index contributed by atoms with van der Waals surface area (Å²) < 4.78 is 0. The molecule has 0 unspecified atom stereocenters. The van der Waals surface area contributed by atoms with Gasteiger partial charge in [0.15, 0.2) is 0 Å². The van der Waals surface area contributed by atoms with Crippen LogP contribution < -0.4 is 5.73 Å². The van der Waals surface area contributed by atoms with E-state index in [2.05, 4.69) is 24.3 Å². The Morgan fingerprint density at radius 2 is 1.83 bits per heavy atom. The molecule has 0 spiro atoms. The molecule has 0 aromatic heterocycles. The zero-order valence-corrected chi connectivity index (χ0v) is 13.8. The maximum Gasteiger partial charge on any atom is 0.253 e. The van der Waals surface area contributed by atoms with Crippen LogP contribution in [0.3, 0.4) is 0 Å². The number of likely N-dealkylation sites (tertiary alicyclic amines) is 1. The van der Waals surface area contributed by atoms with Crippen LogP contribution in [0.1, 0.15) is 40.2 Å². The summed E-state index contributed by atoms with van der Waals surface area (Å²) in [5.41, 5.74) is 8.94. The molecular weight excluding hydrogens is 308 g/mol. The molecule has 2 aromatic rings. The highest BCUT2D eigenvalue weighted by Crippen LogP contribution is 2.29. The number of carbonyl (C=O) groups excluding carboxylic acids is 1. The molecule has 0 radical (unpaired) electrons. The van der Waals surface area contributed by atoms with Gasteiger partial charge in [0.05, 0.1) is 0 Å². The number of carbonyl (C=O) groups is 1. The number of halogens is 1. The lowest BCUT2D eigenvalue weighted by atomic mass is 9.88. The number of hydrogen-bond donors (Lipinski definition) is 1. The highest BCUT2D eigenvalue weighted by atomic mass is 35.5. The van der Waals surface area contributed by atoms with Crippen LogP contribution >= 0.6 is 11.6 Å². The van der Waals surface area contributed by atoms with Crippen molar-refractivity contribution in [2.24, 2.45) is 5.73 Å². The summed E-state index contributed by atoms with van der Waals surface area (Å²) in [6.45, 7) is 2.15. The van der Waals surface area contributed by atoms with Crippen LogP contribution in [0.15, 0.2) is 48.5 Å². The molecule has 0 atom stereocenters. The van der Waals surface area contributed by atoms with Crippen LogP contribution in [0.25, 0.3) is 0 Å². The molecule has 0 saturated carbocycles.